The number of nitrogens with zero attached hydrogens (tertiary/aromatic N) is 3. The van der Waals surface area contributed by atoms with Crippen molar-refractivity contribution in [1.29, 1.82) is 10.5 Å². The molecule has 6 nitrogen and oxygen atoms in total. The number of carbonyl (C=O) groups is 1. The number of benzene rings is 2. The summed E-state index contributed by atoms with van der Waals surface area (Å²) in [7, 11) is 1.54. The Kier molecular flexibility index (Phi) is 6.52. The third-order valence-electron chi connectivity index (χ3n) is 5.65. The minimum Gasteiger partial charge on any atom is -0.366 e. The maximum Gasteiger partial charge on any atom is 0.255 e. The van der Waals surface area contributed by atoms with Gasteiger partial charge in [0.05, 0.1) is 17.7 Å². The van der Waals surface area contributed by atoms with Crippen LogP contribution >= 0.6 is 0 Å². The molecular formula is C24H26N4O2. The Morgan fingerprint density at radius 3 is 2.13 bits per heavy atom. The molecule has 154 valence electrons. The molecule has 0 aliphatic carbocycles. The zero-order chi connectivity index (χ0) is 21.7. The zero-order valence-corrected chi connectivity index (χ0v) is 17.6. The van der Waals surface area contributed by atoms with Crippen molar-refractivity contribution in [3.05, 3.63) is 59.7 Å². The van der Waals surface area contributed by atoms with Gasteiger partial charge in [-0.1, -0.05) is 36.4 Å². The number of amides is 1. The third kappa shape index (κ3) is 4.52. The van der Waals surface area contributed by atoms with Crippen LogP contribution in [0.2, 0.25) is 0 Å². The predicted octanol–water partition coefficient (Wildman–Crippen LogP) is 2.89. The molecule has 0 unspecified atom stereocenters. The highest BCUT2D eigenvalue weighted by atomic mass is 16.5. The molecule has 30 heavy (non-hydrogen) atoms. The Morgan fingerprint density at radius 2 is 1.67 bits per heavy atom. The van der Waals surface area contributed by atoms with Crippen molar-refractivity contribution in [2.75, 3.05) is 20.2 Å². The smallest absolute Gasteiger partial charge is 0.255 e. The maximum atomic E-state index is 12.8. The lowest BCUT2D eigenvalue weighted by molar-refractivity contribution is -0.170. The van der Waals surface area contributed by atoms with Crippen LogP contribution < -0.4 is 5.32 Å². The summed E-state index contributed by atoms with van der Waals surface area (Å²) in [6.45, 7) is 5.23. The Bertz CT molecular complexity index is 962. The van der Waals surface area contributed by atoms with Crippen LogP contribution in [-0.4, -0.2) is 48.7 Å². The third-order valence-corrected chi connectivity index (χ3v) is 5.65. The van der Waals surface area contributed by atoms with Crippen LogP contribution in [-0.2, 0) is 16.0 Å². The molecule has 1 N–H and O–H groups in total. The van der Waals surface area contributed by atoms with Crippen LogP contribution in [0.3, 0.4) is 0 Å². The summed E-state index contributed by atoms with van der Waals surface area (Å²) in [6, 6.07) is 19.3. The molecule has 1 aliphatic rings. The minimum absolute atomic E-state index is 0.234. The fourth-order valence-electron chi connectivity index (χ4n) is 3.57. The van der Waals surface area contributed by atoms with Crippen molar-refractivity contribution >= 4 is 5.91 Å². The van der Waals surface area contributed by atoms with Crippen LogP contribution in [0.25, 0.3) is 11.1 Å². The van der Waals surface area contributed by atoms with Crippen LogP contribution in [0, 0.1) is 22.7 Å². The van der Waals surface area contributed by atoms with Gasteiger partial charge in [-0.2, -0.15) is 10.5 Å². The molecule has 1 fully saturated rings. The van der Waals surface area contributed by atoms with Crippen molar-refractivity contribution in [3.63, 3.8) is 0 Å². The number of likely N-dealkylation sites (tertiary alicyclic amines) is 1. The fourth-order valence-corrected chi connectivity index (χ4v) is 3.57. The van der Waals surface area contributed by atoms with E-state index in [1.807, 2.05) is 36.4 Å². The van der Waals surface area contributed by atoms with Gasteiger partial charge in [0, 0.05) is 32.7 Å². The Morgan fingerprint density at radius 1 is 1.10 bits per heavy atom. The molecule has 1 saturated heterocycles. The van der Waals surface area contributed by atoms with Crippen molar-refractivity contribution in [1.82, 2.24) is 10.2 Å². The summed E-state index contributed by atoms with van der Waals surface area (Å²) in [4.78, 5) is 14.9. The van der Waals surface area contributed by atoms with E-state index >= 15 is 0 Å². The molecule has 0 spiro atoms. The van der Waals surface area contributed by atoms with Crippen molar-refractivity contribution < 1.29 is 9.53 Å². The van der Waals surface area contributed by atoms with E-state index in [0.717, 1.165) is 16.7 Å². The van der Waals surface area contributed by atoms with Gasteiger partial charge >= 0.3 is 0 Å². The molecule has 1 heterocycles. The van der Waals surface area contributed by atoms with E-state index in [1.54, 1.807) is 19.2 Å². The standard InChI is InChI=1S/C24H26N4O2/c1-17(2)28-15-24(16-28,30-3)23(29)27-22(14-26)12-18-4-8-20(9-5-18)21-10-6-19(13-25)7-11-21/h4-11,17,22H,12,15-16H2,1-3H3,(H,27,29)/t22-/m0/s1. The number of hydrogen-bond donors (Lipinski definition) is 1. The van der Waals surface area contributed by atoms with Gasteiger partial charge < -0.3 is 10.1 Å². The van der Waals surface area contributed by atoms with Crippen LogP contribution in [0.1, 0.15) is 25.0 Å². The van der Waals surface area contributed by atoms with E-state index in [2.05, 4.69) is 36.2 Å². The number of rotatable bonds is 7. The van der Waals surface area contributed by atoms with Gasteiger partial charge in [0.25, 0.3) is 5.91 Å². The summed E-state index contributed by atoms with van der Waals surface area (Å²) in [5, 5.41) is 21.3. The first kappa shape index (κ1) is 21.5. The van der Waals surface area contributed by atoms with Gasteiger partial charge in [-0.15, -0.1) is 0 Å². The number of methoxy groups -OCH3 is 1. The molecule has 0 radical (unpaired) electrons. The molecule has 0 bridgehead atoms. The predicted molar refractivity (Wildman–Crippen MR) is 114 cm³/mol. The number of hydrogen-bond acceptors (Lipinski definition) is 5. The van der Waals surface area contributed by atoms with Gasteiger partial charge in [0.1, 0.15) is 6.04 Å². The van der Waals surface area contributed by atoms with E-state index in [1.165, 1.54) is 0 Å². The summed E-state index contributed by atoms with van der Waals surface area (Å²) in [5.74, 6) is -0.234. The maximum absolute atomic E-state index is 12.8. The normalized spacial score (nSPS) is 16.2. The van der Waals surface area contributed by atoms with Crippen molar-refractivity contribution in [2.24, 2.45) is 0 Å². The molecule has 1 aliphatic heterocycles. The monoisotopic (exact) mass is 402 g/mol. The topological polar surface area (TPSA) is 89.1 Å². The lowest BCUT2D eigenvalue weighted by Crippen LogP contribution is -2.71. The van der Waals surface area contributed by atoms with E-state index in [0.29, 0.717) is 31.1 Å². The van der Waals surface area contributed by atoms with Gasteiger partial charge in [0.2, 0.25) is 0 Å². The quantitative estimate of drug-likeness (QED) is 0.769. The molecule has 1 atom stereocenters. The second-order valence-corrected chi connectivity index (χ2v) is 7.94. The zero-order valence-electron chi connectivity index (χ0n) is 17.6. The molecule has 1 amide bonds. The van der Waals surface area contributed by atoms with Crippen molar-refractivity contribution in [2.45, 2.75) is 38.0 Å². The van der Waals surface area contributed by atoms with Gasteiger partial charge in [-0.05, 0) is 42.7 Å². The summed E-state index contributed by atoms with van der Waals surface area (Å²) < 4.78 is 5.51. The van der Waals surface area contributed by atoms with Gasteiger partial charge in [0.15, 0.2) is 5.60 Å². The lowest BCUT2D eigenvalue weighted by Gasteiger charge is -2.49. The molecule has 6 heteroatoms. The van der Waals surface area contributed by atoms with E-state index in [-0.39, 0.29) is 5.91 Å². The fraction of sp³-hybridized carbons (Fsp3) is 0.375. The number of carbonyl (C=O) groups excluding carboxylic acids is 1. The van der Waals surface area contributed by atoms with Crippen LogP contribution in [0.4, 0.5) is 0 Å². The summed E-state index contributed by atoms with van der Waals surface area (Å²) >= 11 is 0. The summed E-state index contributed by atoms with van der Waals surface area (Å²) in [5.41, 5.74) is 2.76. The van der Waals surface area contributed by atoms with E-state index < -0.39 is 11.6 Å². The lowest BCUT2D eigenvalue weighted by atomic mass is 9.90. The van der Waals surface area contributed by atoms with Gasteiger partial charge in [-0.25, -0.2) is 0 Å². The molecular weight excluding hydrogens is 376 g/mol. The second-order valence-electron chi connectivity index (χ2n) is 7.94. The average molecular weight is 402 g/mol. The molecule has 2 aromatic rings. The highest BCUT2D eigenvalue weighted by molar-refractivity contribution is 5.87. The first-order valence-corrected chi connectivity index (χ1v) is 10.00. The number of nitrogens with one attached hydrogen (secondary N) is 1. The number of nitriles is 2. The second kappa shape index (κ2) is 9.09. The Balaban J connectivity index is 1.62. The van der Waals surface area contributed by atoms with Crippen LogP contribution in [0.5, 0.6) is 0 Å². The van der Waals surface area contributed by atoms with E-state index in [4.69, 9.17) is 10.00 Å². The molecule has 3 rings (SSSR count). The first-order valence-electron chi connectivity index (χ1n) is 10.00. The number of ether oxygens (including phenoxy) is 1. The Hall–Kier alpha value is -3.19. The Labute approximate surface area is 177 Å². The van der Waals surface area contributed by atoms with E-state index in [9.17, 15) is 10.1 Å². The SMILES string of the molecule is COC1(C(=O)N[C@H](C#N)Cc2ccc(-c3ccc(C#N)cc3)cc2)CN(C(C)C)C1. The van der Waals surface area contributed by atoms with Crippen LogP contribution in [0.15, 0.2) is 48.5 Å². The average Bonchev–Trinajstić information content (AvgIpc) is 2.73. The highest BCUT2D eigenvalue weighted by Gasteiger charge is 2.50. The molecule has 0 saturated carbocycles. The molecule has 2 aromatic carbocycles. The van der Waals surface area contributed by atoms with Crippen molar-refractivity contribution in [3.8, 4) is 23.3 Å². The summed E-state index contributed by atoms with van der Waals surface area (Å²) in [6.07, 6.45) is 0.420. The highest BCUT2D eigenvalue weighted by Crippen LogP contribution is 2.27. The van der Waals surface area contributed by atoms with Gasteiger partial charge in [-0.3, -0.25) is 9.69 Å². The minimum atomic E-state index is -0.876. The first-order chi connectivity index (χ1) is 14.4. The molecule has 0 aromatic heterocycles. The largest absolute Gasteiger partial charge is 0.366 e.